The fraction of sp³-hybridized carbons (Fsp3) is 0.240. The molecule has 4 rings (SSSR count). The number of hydrogen-bond donors (Lipinski definition) is 1. The van der Waals surface area contributed by atoms with Gasteiger partial charge in [-0.3, -0.25) is 9.10 Å². The second kappa shape index (κ2) is 9.54. The molecule has 0 saturated carbocycles. The molecule has 3 aromatic carbocycles. The van der Waals surface area contributed by atoms with Gasteiger partial charge in [0.05, 0.1) is 23.2 Å². The van der Waals surface area contributed by atoms with E-state index in [4.69, 9.17) is 9.47 Å². The highest BCUT2D eigenvalue weighted by atomic mass is 32.2. The molecular weight excluding hydrogens is 440 g/mol. The van der Waals surface area contributed by atoms with Crippen molar-refractivity contribution in [2.45, 2.75) is 37.5 Å². The van der Waals surface area contributed by atoms with Gasteiger partial charge in [-0.1, -0.05) is 42.5 Å². The van der Waals surface area contributed by atoms with Gasteiger partial charge in [0.2, 0.25) is 0 Å². The average molecular weight is 467 g/mol. The van der Waals surface area contributed by atoms with Gasteiger partial charge in [0.15, 0.2) is 6.10 Å². The Kier molecular flexibility index (Phi) is 6.55. The SMILES string of the molecule is CC(C)Oc1ccc(CNC(=O)C2CN(S(=O)(=O)c3ccccc3)c3ccccc3O2)cc1. The van der Waals surface area contributed by atoms with Gasteiger partial charge in [-0.2, -0.15) is 0 Å². The third kappa shape index (κ3) is 5.12. The summed E-state index contributed by atoms with van der Waals surface area (Å²) in [6.07, 6.45) is -0.904. The first-order valence-electron chi connectivity index (χ1n) is 10.7. The first-order chi connectivity index (χ1) is 15.8. The van der Waals surface area contributed by atoms with Crippen molar-refractivity contribution in [3.8, 4) is 11.5 Å². The van der Waals surface area contributed by atoms with Gasteiger partial charge in [0.25, 0.3) is 15.9 Å². The molecular formula is C25H26N2O5S. The van der Waals surface area contributed by atoms with Crippen LogP contribution in [0.1, 0.15) is 19.4 Å². The van der Waals surface area contributed by atoms with Crippen LogP contribution in [0.3, 0.4) is 0 Å². The average Bonchev–Trinajstić information content (AvgIpc) is 2.83. The highest BCUT2D eigenvalue weighted by Crippen LogP contribution is 2.36. The van der Waals surface area contributed by atoms with Gasteiger partial charge in [-0.15, -0.1) is 0 Å². The monoisotopic (exact) mass is 466 g/mol. The van der Waals surface area contributed by atoms with E-state index in [0.29, 0.717) is 11.4 Å². The summed E-state index contributed by atoms with van der Waals surface area (Å²) in [5.41, 5.74) is 1.30. The number of benzene rings is 3. The largest absolute Gasteiger partial charge is 0.491 e. The number of sulfonamides is 1. The Balaban J connectivity index is 1.50. The fourth-order valence-corrected chi connectivity index (χ4v) is 5.04. The molecule has 0 aromatic heterocycles. The normalized spacial score (nSPS) is 15.5. The predicted octanol–water partition coefficient (Wildman–Crippen LogP) is 3.75. The third-order valence-corrected chi connectivity index (χ3v) is 6.91. The van der Waals surface area contributed by atoms with E-state index in [1.807, 2.05) is 38.1 Å². The third-order valence-electron chi connectivity index (χ3n) is 5.12. The number of hydrogen-bond acceptors (Lipinski definition) is 5. The van der Waals surface area contributed by atoms with Crippen LogP contribution in [0.25, 0.3) is 0 Å². The van der Waals surface area contributed by atoms with Crippen LogP contribution in [0, 0.1) is 0 Å². The van der Waals surface area contributed by atoms with Gasteiger partial charge in [0, 0.05) is 6.54 Å². The quantitative estimate of drug-likeness (QED) is 0.573. The lowest BCUT2D eigenvalue weighted by molar-refractivity contribution is -0.127. The van der Waals surface area contributed by atoms with Crippen LogP contribution in [0.4, 0.5) is 5.69 Å². The Hall–Kier alpha value is -3.52. The van der Waals surface area contributed by atoms with E-state index in [9.17, 15) is 13.2 Å². The molecule has 0 radical (unpaired) electrons. The van der Waals surface area contributed by atoms with Gasteiger partial charge in [0.1, 0.15) is 11.5 Å². The number of ether oxygens (including phenoxy) is 2. The maximum Gasteiger partial charge on any atom is 0.264 e. The summed E-state index contributed by atoms with van der Waals surface area (Å²) in [5.74, 6) is 0.716. The summed E-state index contributed by atoms with van der Waals surface area (Å²) in [7, 11) is -3.86. The zero-order chi connectivity index (χ0) is 23.4. The lowest BCUT2D eigenvalue weighted by Gasteiger charge is -2.34. The highest BCUT2D eigenvalue weighted by Gasteiger charge is 2.37. The van der Waals surface area contributed by atoms with Crippen molar-refractivity contribution in [3.05, 3.63) is 84.4 Å². The van der Waals surface area contributed by atoms with Crippen LogP contribution in [0.2, 0.25) is 0 Å². The molecule has 1 aliphatic heterocycles. The zero-order valence-electron chi connectivity index (χ0n) is 18.5. The molecule has 1 amide bonds. The Labute approximate surface area is 194 Å². The first kappa shape index (κ1) is 22.7. The molecule has 0 fully saturated rings. The van der Waals surface area contributed by atoms with Crippen molar-refractivity contribution in [1.82, 2.24) is 5.32 Å². The van der Waals surface area contributed by atoms with Crippen molar-refractivity contribution in [2.24, 2.45) is 0 Å². The number of nitrogens with zero attached hydrogens (tertiary/aromatic N) is 1. The minimum absolute atomic E-state index is 0.0805. The van der Waals surface area contributed by atoms with Gasteiger partial charge in [-0.25, -0.2) is 8.42 Å². The van der Waals surface area contributed by atoms with Crippen molar-refractivity contribution in [1.29, 1.82) is 0 Å². The number of para-hydroxylation sites is 2. The van der Waals surface area contributed by atoms with E-state index >= 15 is 0 Å². The summed E-state index contributed by atoms with van der Waals surface area (Å²) >= 11 is 0. The molecule has 0 spiro atoms. The predicted molar refractivity (Wildman–Crippen MR) is 126 cm³/mol. The smallest absolute Gasteiger partial charge is 0.264 e. The van der Waals surface area contributed by atoms with E-state index in [-0.39, 0.29) is 30.0 Å². The first-order valence-corrected chi connectivity index (χ1v) is 12.2. The van der Waals surface area contributed by atoms with E-state index < -0.39 is 16.1 Å². The van der Waals surface area contributed by atoms with Crippen molar-refractivity contribution < 1.29 is 22.7 Å². The van der Waals surface area contributed by atoms with Crippen LogP contribution >= 0.6 is 0 Å². The molecule has 172 valence electrons. The minimum Gasteiger partial charge on any atom is -0.491 e. The molecule has 33 heavy (non-hydrogen) atoms. The number of anilines is 1. The van der Waals surface area contributed by atoms with E-state index in [0.717, 1.165) is 11.3 Å². The summed E-state index contributed by atoms with van der Waals surface area (Å²) in [6.45, 7) is 4.07. The number of amides is 1. The molecule has 1 N–H and O–H groups in total. The lowest BCUT2D eigenvalue weighted by atomic mass is 10.2. The number of fused-ring (bicyclic) bond motifs is 1. The summed E-state index contributed by atoms with van der Waals surface area (Å²) in [5, 5.41) is 2.85. The molecule has 7 nitrogen and oxygen atoms in total. The van der Waals surface area contributed by atoms with Crippen molar-refractivity contribution >= 4 is 21.6 Å². The number of nitrogens with one attached hydrogen (secondary N) is 1. The summed E-state index contributed by atoms with van der Waals surface area (Å²) < 4.78 is 39.4. The minimum atomic E-state index is -3.86. The lowest BCUT2D eigenvalue weighted by Crippen LogP contribution is -2.50. The second-order valence-corrected chi connectivity index (χ2v) is 9.81. The molecule has 3 aromatic rings. The molecule has 1 atom stereocenters. The van der Waals surface area contributed by atoms with Crippen LogP contribution in [-0.2, 0) is 21.4 Å². The Morgan fingerprint density at radius 1 is 1.03 bits per heavy atom. The number of carbonyl (C=O) groups excluding carboxylic acids is 1. The van der Waals surface area contributed by atoms with Crippen LogP contribution in [0.5, 0.6) is 11.5 Å². The Morgan fingerprint density at radius 3 is 2.39 bits per heavy atom. The van der Waals surface area contributed by atoms with E-state index in [2.05, 4.69) is 5.32 Å². The highest BCUT2D eigenvalue weighted by molar-refractivity contribution is 7.92. The molecule has 0 bridgehead atoms. The molecule has 1 heterocycles. The second-order valence-electron chi connectivity index (χ2n) is 7.95. The van der Waals surface area contributed by atoms with Crippen LogP contribution < -0.4 is 19.1 Å². The number of rotatable bonds is 7. The van der Waals surface area contributed by atoms with E-state index in [1.54, 1.807) is 42.5 Å². The molecule has 8 heteroatoms. The summed E-state index contributed by atoms with van der Waals surface area (Å²) in [6, 6.07) is 22.4. The maximum absolute atomic E-state index is 13.3. The molecule has 1 unspecified atom stereocenters. The van der Waals surface area contributed by atoms with Gasteiger partial charge >= 0.3 is 0 Å². The summed E-state index contributed by atoms with van der Waals surface area (Å²) in [4.78, 5) is 13.1. The zero-order valence-corrected chi connectivity index (χ0v) is 19.3. The molecule has 0 aliphatic carbocycles. The fourth-order valence-electron chi connectivity index (χ4n) is 3.55. The molecule has 0 saturated heterocycles. The van der Waals surface area contributed by atoms with E-state index in [1.165, 1.54) is 16.4 Å². The Bertz CT molecular complexity index is 1210. The van der Waals surface area contributed by atoms with Crippen LogP contribution in [-0.4, -0.2) is 33.1 Å². The Morgan fingerprint density at radius 2 is 1.70 bits per heavy atom. The van der Waals surface area contributed by atoms with Crippen molar-refractivity contribution in [2.75, 3.05) is 10.8 Å². The molecule has 1 aliphatic rings. The van der Waals surface area contributed by atoms with Crippen LogP contribution in [0.15, 0.2) is 83.8 Å². The standard InChI is InChI=1S/C25H26N2O5S/c1-18(2)31-20-14-12-19(13-15-20)16-26-25(28)24-17-27(22-10-6-7-11-23(22)32-24)33(29,30)21-8-4-3-5-9-21/h3-15,18,24H,16-17H2,1-2H3,(H,26,28). The van der Waals surface area contributed by atoms with Gasteiger partial charge in [-0.05, 0) is 55.8 Å². The van der Waals surface area contributed by atoms with Crippen molar-refractivity contribution in [3.63, 3.8) is 0 Å². The maximum atomic E-state index is 13.3. The number of carbonyl (C=O) groups is 1. The van der Waals surface area contributed by atoms with Gasteiger partial charge < -0.3 is 14.8 Å². The topological polar surface area (TPSA) is 84.9 Å².